The highest BCUT2D eigenvalue weighted by molar-refractivity contribution is 14.1. The molecule has 0 rings (SSSR count). The zero-order valence-corrected chi connectivity index (χ0v) is 16.3. The van der Waals surface area contributed by atoms with Crippen molar-refractivity contribution in [2.24, 2.45) is 0 Å². The van der Waals surface area contributed by atoms with E-state index < -0.39 is 27.9 Å². The number of rotatable bonds is 11. The van der Waals surface area contributed by atoms with E-state index in [1.54, 1.807) is 22.6 Å². The van der Waals surface area contributed by atoms with Gasteiger partial charge in [-0.3, -0.25) is 0 Å². The SMILES string of the molecule is CCCCCCCCCC(I)(CC)CC(F)(C(F)(F)F)C(F)(F)F. The van der Waals surface area contributed by atoms with Crippen molar-refractivity contribution in [2.45, 2.75) is 99.5 Å². The summed E-state index contributed by atoms with van der Waals surface area (Å²) in [6.45, 7) is 3.58. The van der Waals surface area contributed by atoms with E-state index in [9.17, 15) is 30.7 Å². The minimum atomic E-state index is -5.96. The molecule has 0 aliphatic heterocycles. The van der Waals surface area contributed by atoms with Gasteiger partial charge in [-0.25, -0.2) is 4.39 Å². The van der Waals surface area contributed by atoms with Gasteiger partial charge in [0.05, 0.1) is 0 Å². The Morgan fingerprint density at radius 3 is 1.46 bits per heavy atom. The van der Waals surface area contributed by atoms with Crippen LogP contribution >= 0.6 is 22.6 Å². The van der Waals surface area contributed by atoms with Gasteiger partial charge in [-0.2, -0.15) is 26.3 Å². The van der Waals surface area contributed by atoms with E-state index in [2.05, 4.69) is 6.92 Å². The largest absolute Gasteiger partial charge is 0.431 e. The average molecular weight is 478 g/mol. The Hall–Kier alpha value is 0.240. The maximum absolute atomic E-state index is 13.9. The van der Waals surface area contributed by atoms with E-state index in [1.807, 2.05) is 0 Å². The predicted molar refractivity (Wildman–Crippen MR) is 90.2 cm³/mol. The first-order valence-corrected chi connectivity index (χ1v) is 9.42. The number of hydrogen-bond donors (Lipinski definition) is 0. The van der Waals surface area contributed by atoms with Crippen LogP contribution in [0.1, 0.15) is 78.1 Å². The van der Waals surface area contributed by atoms with E-state index in [0.717, 1.165) is 38.5 Å². The number of hydrogen-bond acceptors (Lipinski definition) is 0. The highest BCUT2D eigenvalue weighted by atomic mass is 127. The highest BCUT2D eigenvalue weighted by Gasteiger charge is 2.73. The molecule has 0 bridgehead atoms. The number of unbranched alkanes of at least 4 members (excludes halogenated alkanes) is 6. The molecule has 0 N–H and O–H groups in total. The molecule has 0 aromatic rings. The quantitative estimate of drug-likeness (QED) is 0.122. The molecule has 0 aromatic heterocycles. The lowest BCUT2D eigenvalue weighted by Crippen LogP contribution is -2.56. The van der Waals surface area contributed by atoms with Crippen LogP contribution in [0.3, 0.4) is 0 Å². The zero-order valence-electron chi connectivity index (χ0n) is 14.1. The average Bonchev–Trinajstić information content (AvgIpc) is 2.44. The minimum absolute atomic E-state index is 0.0568. The summed E-state index contributed by atoms with van der Waals surface area (Å²) >= 11 is 1.58. The van der Waals surface area contributed by atoms with Gasteiger partial charge in [-0.05, 0) is 12.8 Å². The summed E-state index contributed by atoms with van der Waals surface area (Å²) in [5.41, 5.74) is -5.15. The van der Waals surface area contributed by atoms with Crippen LogP contribution in [0, 0.1) is 0 Å². The summed E-state index contributed by atoms with van der Waals surface area (Å²) < 4.78 is 89.0. The van der Waals surface area contributed by atoms with Crippen molar-refractivity contribution in [2.75, 3.05) is 0 Å². The molecule has 0 aliphatic rings. The number of halogens is 8. The maximum atomic E-state index is 13.9. The summed E-state index contributed by atoms with van der Waals surface area (Å²) in [4.78, 5) is 0. The van der Waals surface area contributed by atoms with Crippen LogP contribution in [0.5, 0.6) is 0 Å². The van der Waals surface area contributed by atoms with E-state index in [-0.39, 0.29) is 12.8 Å². The van der Waals surface area contributed by atoms with Gasteiger partial charge in [0.1, 0.15) is 0 Å². The van der Waals surface area contributed by atoms with Crippen LogP contribution < -0.4 is 0 Å². The van der Waals surface area contributed by atoms with Gasteiger partial charge in [-0.15, -0.1) is 0 Å². The standard InChI is InChI=1S/C16H26F7I/c1-3-5-6-7-8-9-10-11-13(24,4-2)12-14(17,15(18,19)20)16(21,22)23/h3-12H2,1-2H3. The zero-order chi connectivity index (χ0) is 19.1. The van der Waals surface area contributed by atoms with Crippen LogP contribution in [0.15, 0.2) is 0 Å². The van der Waals surface area contributed by atoms with Gasteiger partial charge in [0, 0.05) is 9.84 Å². The molecule has 0 radical (unpaired) electrons. The van der Waals surface area contributed by atoms with Crippen LogP contribution in [0.2, 0.25) is 0 Å². The molecule has 146 valence electrons. The Morgan fingerprint density at radius 2 is 1.08 bits per heavy atom. The van der Waals surface area contributed by atoms with Crippen molar-refractivity contribution >= 4 is 22.6 Å². The molecule has 0 heterocycles. The Kier molecular flexibility index (Phi) is 9.90. The monoisotopic (exact) mass is 478 g/mol. The van der Waals surface area contributed by atoms with Crippen molar-refractivity contribution in [3.05, 3.63) is 0 Å². The van der Waals surface area contributed by atoms with Gasteiger partial charge in [0.2, 0.25) is 0 Å². The molecule has 1 atom stereocenters. The summed E-state index contributed by atoms with van der Waals surface area (Å²) in [5, 5.41) is 0. The first-order valence-electron chi connectivity index (χ1n) is 8.34. The van der Waals surface area contributed by atoms with E-state index in [1.165, 1.54) is 6.92 Å². The lowest BCUT2D eigenvalue weighted by atomic mass is 9.85. The normalized spacial score (nSPS) is 16.2. The molecular weight excluding hydrogens is 452 g/mol. The fourth-order valence-corrected chi connectivity index (χ4v) is 3.49. The van der Waals surface area contributed by atoms with Crippen LogP contribution in [-0.2, 0) is 0 Å². The Labute approximate surface area is 153 Å². The minimum Gasteiger partial charge on any atom is -0.224 e. The van der Waals surface area contributed by atoms with Gasteiger partial charge < -0.3 is 0 Å². The summed E-state index contributed by atoms with van der Waals surface area (Å²) in [7, 11) is 0. The van der Waals surface area contributed by atoms with Crippen molar-refractivity contribution in [1.29, 1.82) is 0 Å². The van der Waals surface area contributed by atoms with E-state index in [0.29, 0.717) is 6.42 Å². The van der Waals surface area contributed by atoms with Gasteiger partial charge in [0.25, 0.3) is 5.67 Å². The second-order valence-electron chi connectivity index (χ2n) is 6.35. The molecule has 0 spiro atoms. The molecule has 0 saturated heterocycles. The van der Waals surface area contributed by atoms with Crippen molar-refractivity contribution in [1.82, 2.24) is 0 Å². The molecule has 0 amide bonds. The lowest BCUT2D eigenvalue weighted by molar-refractivity contribution is -0.344. The highest BCUT2D eigenvalue weighted by Crippen LogP contribution is 2.53. The second-order valence-corrected chi connectivity index (χ2v) is 8.64. The predicted octanol–water partition coefficient (Wildman–Crippen LogP) is 7.93. The van der Waals surface area contributed by atoms with Crippen molar-refractivity contribution in [3.8, 4) is 0 Å². The topological polar surface area (TPSA) is 0 Å². The van der Waals surface area contributed by atoms with E-state index >= 15 is 0 Å². The summed E-state index contributed by atoms with van der Waals surface area (Å²) in [6.07, 6.45) is -6.85. The molecule has 0 aromatic carbocycles. The third-order valence-electron chi connectivity index (χ3n) is 4.32. The fourth-order valence-electron chi connectivity index (χ4n) is 2.59. The molecule has 0 fully saturated rings. The van der Waals surface area contributed by atoms with Gasteiger partial charge in [0.15, 0.2) is 0 Å². The molecular formula is C16H26F7I. The smallest absolute Gasteiger partial charge is 0.224 e. The van der Waals surface area contributed by atoms with Crippen LogP contribution in [0.4, 0.5) is 30.7 Å². The molecule has 24 heavy (non-hydrogen) atoms. The first kappa shape index (κ1) is 24.2. The number of alkyl halides is 8. The molecule has 0 nitrogen and oxygen atoms in total. The molecule has 1 unspecified atom stereocenters. The molecule has 0 aliphatic carbocycles. The Bertz CT molecular complexity index is 337. The lowest BCUT2D eigenvalue weighted by Gasteiger charge is -2.37. The summed E-state index contributed by atoms with van der Waals surface area (Å²) in [6, 6.07) is 0. The second kappa shape index (κ2) is 9.80. The third-order valence-corrected chi connectivity index (χ3v) is 6.00. The molecule has 8 heteroatoms. The van der Waals surface area contributed by atoms with Crippen molar-refractivity contribution < 1.29 is 30.7 Å². The van der Waals surface area contributed by atoms with Crippen LogP contribution in [0.25, 0.3) is 0 Å². The first-order chi connectivity index (χ1) is 10.8. The maximum Gasteiger partial charge on any atom is 0.431 e. The Morgan fingerprint density at radius 1 is 0.667 bits per heavy atom. The molecule has 0 saturated carbocycles. The van der Waals surface area contributed by atoms with Crippen molar-refractivity contribution in [3.63, 3.8) is 0 Å². The van der Waals surface area contributed by atoms with E-state index in [4.69, 9.17) is 0 Å². The summed E-state index contributed by atoms with van der Waals surface area (Å²) in [5.74, 6) is 0. The Balaban J connectivity index is 4.73. The van der Waals surface area contributed by atoms with Gasteiger partial charge >= 0.3 is 12.4 Å². The fraction of sp³-hybridized carbons (Fsp3) is 1.00. The van der Waals surface area contributed by atoms with Gasteiger partial charge in [-0.1, -0.05) is 81.4 Å². The van der Waals surface area contributed by atoms with Crippen LogP contribution in [-0.4, -0.2) is 21.4 Å². The third kappa shape index (κ3) is 7.23.